The number of rotatable bonds is 19. The molecule has 13 nitrogen and oxygen atoms in total. The predicted octanol–water partition coefficient (Wildman–Crippen LogP) is 1.41. The Morgan fingerprint density at radius 2 is 1.43 bits per heavy atom. The van der Waals surface area contributed by atoms with Crippen molar-refractivity contribution in [3.63, 3.8) is 0 Å². The third-order valence-electron chi connectivity index (χ3n) is 6.92. The van der Waals surface area contributed by atoms with E-state index in [1.165, 1.54) is 0 Å². The zero-order valence-corrected chi connectivity index (χ0v) is 25.8. The van der Waals surface area contributed by atoms with Crippen LogP contribution in [0.5, 0.6) is 5.75 Å². The Balaban J connectivity index is 1.75. The minimum absolute atomic E-state index is 0.170. The van der Waals surface area contributed by atoms with E-state index in [0.29, 0.717) is 63.6 Å². The van der Waals surface area contributed by atoms with Gasteiger partial charge in [0.15, 0.2) is 5.96 Å². The van der Waals surface area contributed by atoms with Gasteiger partial charge >= 0.3 is 6.03 Å². The Hall–Kier alpha value is -5.14. The van der Waals surface area contributed by atoms with Crippen molar-refractivity contribution in [1.82, 2.24) is 21.3 Å². The van der Waals surface area contributed by atoms with Crippen LogP contribution in [-0.4, -0.2) is 62.8 Å². The molecule has 246 valence electrons. The van der Waals surface area contributed by atoms with Gasteiger partial charge in [0.25, 0.3) is 0 Å². The number of urea groups is 1. The number of benzene rings is 3. The van der Waals surface area contributed by atoms with Crippen molar-refractivity contribution < 1.29 is 23.9 Å². The lowest BCUT2D eigenvalue weighted by atomic mass is 9.90. The van der Waals surface area contributed by atoms with Crippen LogP contribution < -0.4 is 43.2 Å². The number of carbonyl (C=O) groups is 3. The first-order valence-electron chi connectivity index (χ1n) is 15.1. The molecule has 0 bridgehead atoms. The molecule has 0 spiro atoms. The average molecular weight is 633 g/mol. The molecule has 0 aliphatic carbocycles. The van der Waals surface area contributed by atoms with E-state index in [2.05, 4.69) is 21.3 Å². The van der Waals surface area contributed by atoms with Crippen LogP contribution in [0.4, 0.5) is 4.79 Å². The van der Waals surface area contributed by atoms with E-state index in [1.807, 2.05) is 78.9 Å². The van der Waals surface area contributed by atoms with Gasteiger partial charge in [-0.2, -0.15) is 0 Å². The maximum absolute atomic E-state index is 14.0. The van der Waals surface area contributed by atoms with Gasteiger partial charge < -0.3 is 47.9 Å². The summed E-state index contributed by atoms with van der Waals surface area (Å²) in [6.45, 7) is 2.49. The first-order valence-corrected chi connectivity index (χ1v) is 15.1. The van der Waals surface area contributed by atoms with Crippen molar-refractivity contribution in [1.29, 1.82) is 5.41 Å². The van der Waals surface area contributed by atoms with Gasteiger partial charge in [-0.05, 0) is 47.2 Å². The standard InChI is InChI=1S/C33H44N8O5/c34-15-17-45-18-19-46-27-9-4-8-26(20-27)29(25-6-2-1-3-7-25)31(43)41-28(10-5-16-38-32(35)36)30(42)39-21-23-11-13-24(14-12-23)22-40-33(37)44/h1-4,6-9,11-14,20,28-29H,5,10,15-19,21-22,34H2,(H,39,42)(H,41,43)(H4,35,36,38)(H3,37,40,44)/t28-,29?/m1/s1. The van der Waals surface area contributed by atoms with Crippen LogP contribution >= 0.6 is 0 Å². The quantitative estimate of drug-likeness (QED) is 0.0547. The van der Waals surface area contributed by atoms with Gasteiger partial charge in [0.05, 0.1) is 19.1 Å². The maximum Gasteiger partial charge on any atom is 0.312 e. The first kappa shape index (κ1) is 35.3. The smallest absolute Gasteiger partial charge is 0.312 e. The molecular formula is C33H44N8O5. The predicted molar refractivity (Wildman–Crippen MR) is 176 cm³/mol. The topological polar surface area (TPSA) is 220 Å². The molecule has 0 aliphatic heterocycles. The highest BCUT2D eigenvalue weighted by Gasteiger charge is 2.28. The molecule has 46 heavy (non-hydrogen) atoms. The van der Waals surface area contributed by atoms with E-state index in [0.717, 1.165) is 16.7 Å². The van der Waals surface area contributed by atoms with E-state index >= 15 is 0 Å². The van der Waals surface area contributed by atoms with Crippen LogP contribution in [0.15, 0.2) is 78.9 Å². The van der Waals surface area contributed by atoms with Crippen LogP contribution in [0.2, 0.25) is 0 Å². The number of amides is 4. The molecule has 0 fully saturated rings. The van der Waals surface area contributed by atoms with Crippen molar-refractivity contribution >= 4 is 23.8 Å². The van der Waals surface area contributed by atoms with E-state index in [4.69, 9.17) is 32.1 Å². The van der Waals surface area contributed by atoms with Crippen molar-refractivity contribution in [2.75, 3.05) is 32.9 Å². The number of nitrogens with one attached hydrogen (secondary N) is 5. The van der Waals surface area contributed by atoms with E-state index < -0.39 is 18.0 Å². The van der Waals surface area contributed by atoms with Crippen LogP contribution in [-0.2, 0) is 27.4 Å². The highest BCUT2D eigenvalue weighted by molar-refractivity contribution is 5.92. The molecule has 11 N–H and O–H groups in total. The van der Waals surface area contributed by atoms with Crippen LogP contribution in [0.1, 0.15) is 41.0 Å². The summed E-state index contributed by atoms with van der Waals surface area (Å²) >= 11 is 0. The Labute approximate surface area is 269 Å². The van der Waals surface area contributed by atoms with Gasteiger partial charge in [0, 0.05) is 26.2 Å². The van der Waals surface area contributed by atoms with Crippen LogP contribution in [0.25, 0.3) is 0 Å². The molecule has 0 aromatic heterocycles. The van der Waals surface area contributed by atoms with Crippen LogP contribution in [0.3, 0.4) is 0 Å². The van der Waals surface area contributed by atoms with Crippen molar-refractivity contribution in [2.45, 2.75) is 37.9 Å². The van der Waals surface area contributed by atoms with Gasteiger partial charge in [-0.3, -0.25) is 15.0 Å². The number of ether oxygens (including phenoxy) is 2. The molecule has 0 aliphatic rings. The molecule has 3 rings (SSSR count). The van der Waals surface area contributed by atoms with Gasteiger partial charge in [0.2, 0.25) is 11.8 Å². The lowest BCUT2D eigenvalue weighted by Gasteiger charge is -2.24. The third kappa shape index (κ3) is 12.5. The second kappa shape index (κ2) is 19.3. The molecule has 0 radical (unpaired) electrons. The Kier molecular flexibility index (Phi) is 14.8. The second-order valence-corrected chi connectivity index (χ2v) is 10.5. The van der Waals surface area contributed by atoms with E-state index in [-0.39, 0.29) is 24.3 Å². The van der Waals surface area contributed by atoms with E-state index in [9.17, 15) is 14.4 Å². The number of primary amides is 1. The molecule has 2 atom stereocenters. The first-order chi connectivity index (χ1) is 22.3. The lowest BCUT2D eigenvalue weighted by Crippen LogP contribution is -2.48. The number of hydrogen-bond donors (Lipinski definition) is 8. The number of guanidine groups is 1. The zero-order valence-electron chi connectivity index (χ0n) is 25.8. The highest BCUT2D eigenvalue weighted by atomic mass is 16.5. The minimum Gasteiger partial charge on any atom is -0.491 e. The molecule has 3 aromatic rings. The molecule has 0 saturated heterocycles. The Morgan fingerprint density at radius 1 is 0.761 bits per heavy atom. The van der Waals surface area contributed by atoms with E-state index in [1.54, 1.807) is 0 Å². The number of hydrogen-bond acceptors (Lipinski definition) is 7. The Bertz CT molecular complexity index is 1400. The summed E-state index contributed by atoms with van der Waals surface area (Å²) in [6.07, 6.45) is 0.786. The minimum atomic E-state index is -0.856. The molecular weight excluding hydrogens is 588 g/mol. The highest BCUT2D eigenvalue weighted by Crippen LogP contribution is 2.28. The van der Waals surface area contributed by atoms with Crippen molar-refractivity contribution in [2.24, 2.45) is 17.2 Å². The molecule has 4 amide bonds. The molecule has 0 heterocycles. The largest absolute Gasteiger partial charge is 0.491 e. The summed E-state index contributed by atoms with van der Waals surface area (Å²) in [5.41, 5.74) is 19.2. The number of nitrogens with two attached hydrogens (primary N) is 3. The molecule has 3 aromatic carbocycles. The third-order valence-corrected chi connectivity index (χ3v) is 6.92. The molecule has 0 saturated carbocycles. The van der Waals surface area contributed by atoms with Crippen molar-refractivity contribution in [3.05, 3.63) is 101 Å². The molecule has 1 unspecified atom stereocenters. The average Bonchev–Trinajstić information content (AvgIpc) is 3.05. The monoisotopic (exact) mass is 632 g/mol. The zero-order chi connectivity index (χ0) is 33.1. The second-order valence-electron chi connectivity index (χ2n) is 10.5. The summed E-state index contributed by atoms with van der Waals surface area (Å²) in [4.78, 5) is 38.4. The normalized spacial score (nSPS) is 11.9. The lowest BCUT2D eigenvalue weighted by molar-refractivity contribution is -0.129. The maximum atomic E-state index is 14.0. The summed E-state index contributed by atoms with van der Waals surface area (Å²) < 4.78 is 11.2. The summed E-state index contributed by atoms with van der Waals surface area (Å²) in [5.74, 6) is -0.997. The summed E-state index contributed by atoms with van der Waals surface area (Å²) in [7, 11) is 0. The SMILES string of the molecule is N=C(N)NCCC[C@@H](NC(=O)C(c1ccccc1)c1cccc(OCCOCCN)c1)C(=O)NCc1ccc(CNC(N)=O)cc1. The Morgan fingerprint density at radius 3 is 2.09 bits per heavy atom. The van der Waals surface area contributed by atoms with Gasteiger partial charge in [-0.1, -0.05) is 66.7 Å². The fourth-order valence-electron chi connectivity index (χ4n) is 4.66. The van der Waals surface area contributed by atoms with Gasteiger partial charge in [-0.15, -0.1) is 0 Å². The fraction of sp³-hybridized carbons (Fsp3) is 0.333. The fourth-order valence-corrected chi connectivity index (χ4v) is 4.66. The number of carbonyl (C=O) groups excluding carboxylic acids is 3. The van der Waals surface area contributed by atoms with Crippen molar-refractivity contribution in [3.8, 4) is 5.75 Å². The van der Waals surface area contributed by atoms with Gasteiger partial charge in [-0.25, -0.2) is 4.79 Å². The molecule has 13 heteroatoms. The van der Waals surface area contributed by atoms with Crippen LogP contribution in [0, 0.1) is 5.41 Å². The van der Waals surface area contributed by atoms with Gasteiger partial charge in [0.1, 0.15) is 18.4 Å². The summed E-state index contributed by atoms with van der Waals surface area (Å²) in [5, 5.41) is 18.6. The summed E-state index contributed by atoms with van der Waals surface area (Å²) in [6, 6.07) is 22.5.